The number of anilines is 1. The standard InChI is InChI=1S/C11H16N2O4S/c1-4-16-10(14)7-6(3)8(11(15)17-5-2)18-9(7)13-12/h13H,4-5,12H2,1-3H3. The van der Waals surface area contributed by atoms with Gasteiger partial charge in [-0.2, -0.15) is 0 Å². The molecular weight excluding hydrogens is 256 g/mol. The summed E-state index contributed by atoms with van der Waals surface area (Å²) < 4.78 is 9.84. The summed E-state index contributed by atoms with van der Waals surface area (Å²) in [7, 11) is 0. The minimum absolute atomic E-state index is 0.257. The van der Waals surface area contributed by atoms with Crippen LogP contribution in [0.25, 0.3) is 0 Å². The van der Waals surface area contributed by atoms with E-state index in [9.17, 15) is 9.59 Å². The Kier molecular flexibility index (Phi) is 5.11. The molecular formula is C11H16N2O4S. The van der Waals surface area contributed by atoms with Gasteiger partial charge in [0, 0.05) is 0 Å². The Hall–Kier alpha value is -1.60. The Balaban J connectivity index is 3.18. The molecule has 0 spiro atoms. The van der Waals surface area contributed by atoms with Crippen LogP contribution in [0.15, 0.2) is 0 Å². The molecule has 100 valence electrons. The lowest BCUT2D eigenvalue weighted by Gasteiger charge is -2.04. The van der Waals surface area contributed by atoms with Gasteiger partial charge in [-0.05, 0) is 26.3 Å². The number of carbonyl (C=O) groups is 2. The van der Waals surface area contributed by atoms with Gasteiger partial charge in [0.2, 0.25) is 0 Å². The van der Waals surface area contributed by atoms with Gasteiger partial charge in [-0.15, -0.1) is 11.3 Å². The smallest absolute Gasteiger partial charge is 0.348 e. The number of hydrogen-bond donors (Lipinski definition) is 2. The average Bonchev–Trinajstić information content (AvgIpc) is 2.67. The third-order valence-electron chi connectivity index (χ3n) is 2.22. The topological polar surface area (TPSA) is 90.6 Å². The highest BCUT2D eigenvalue weighted by Crippen LogP contribution is 2.33. The summed E-state index contributed by atoms with van der Waals surface area (Å²) in [6, 6.07) is 0. The number of hydrazine groups is 1. The van der Waals surface area contributed by atoms with E-state index in [0.29, 0.717) is 15.4 Å². The lowest BCUT2D eigenvalue weighted by Crippen LogP contribution is -2.12. The van der Waals surface area contributed by atoms with Gasteiger partial charge in [-0.3, -0.25) is 0 Å². The first-order valence-corrected chi connectivity index (χ1v) is 6.32. The summed E-state index contributed by atoms with van der Waals surface area (Å²) in [6.45, 7) is 5.62. The summed E-state index contributed by atoms with van der Waals surface area (Å²) in [4.78, 5) is 23.8. The van der Waals surface area contributed by atoms with Crippen molar-refractivity contribution in [1.82, 2.24) is 0 Å². The van der Waals surface area contributed by atoms with Crippen LogP contribution in [-0.2, 0) is 9.47 Å². The summed E-state index contributed by atoms with van der Waals surface area (Å²) >= 11 is 1.08. The summed E-state index contributed by atoms with van der Waals surface area (Å²) in [5.74, 6) is 4.37. The van der Waals surface area contributed by atoms with Crippen LogP contribution in [0.4, 0.5) is 5.00 Å². The molecule has 1 heterocycles. The van der Waals surface area contributed by atoms with Gasteiger partial charge < -0.3 is 14.9 Å². The predicted molar refractivity (Wildman–Crippen MR) is 68.8 cm³/mol. The molecule has 0 aliphatic carbocycles. The number of thiophene rings is 1. The Bertz CT molecular complexity index is 456. The predicted octanol–water partition coefficient (Wildman–Crippen LogP) is 1.70. The van der Waals surface area contributed by atoms with Crippen LogP contribution in [-0.4, -0.2) is 25.2 Å². The second-order valence-corrected chi connectivity index (χ2v) is 4.37. The molecule has 1 rings (SSSR count). The number of carbonyl (C=O) groups excluding carboxylic acids is 2. The summed E-state index contributed by atoms with van der Waals surface area (Å²) in [5, 5.41) is 0.397. The normalized spacial score (nSPS) is 10.0. The van der Waals surface area contributed by atoms with Crippen LogP contribution in [0.2, 0.25) is 0 Å². The average molecular weight is 272 g/mol. The Morgan fingerprint density at radius 3 is 2.28 bits per heavy atom. The zero-order chi connectivity index (χ0) is 13.7. The van der Waals surface area contributed by atoms with Crippen molar-refractivity contribution in [1.29, 1.82) is 0 Å². The molecule has 0 atom stereocenters. The van der Waals surface area contributed by atoms with E-state index < -0.39 is 11.9 Å². The minimum Gasteiger partial charge on any atom is -0.462 e. The van der Waals surface area contributed by atoms with E-state index in [4.69, 9.17) is 15.3 Å². The van der Waals surface area contributed by atoms with Crippen molar-refractivity contribution in [3.8, 4) is 0 Å². The first kappa shape index (κ1) is 14.5. The molecule has 0 bridgehead atoms. The Morgan fingerprint density at radius 1 is 1.22 bits per heavy atom. The Morgan fingerprint density at radius 2 is 1.78 bits per heavy atom. The van der Waals surface area contributed by atoms with Crippen molar-refractivity contribution in [2.75, 3.05) is 18.6 Å². The lowest BCUT2D eigenvalue weighted by atomic mass is 10.1. The third-order valence-corrected chi connectivity index (χ3v) is 3.42. The monoisotopic (exact) mass is 272 g/mol. The van der Waals surface area contributed by atoms with Gasteiger partial charge in [-0.25, -0.2) is 15.4 Å². The van der Waals surface area contributed by atoms with Crippen molar-refractivity contribution < 1.29 is 19.1 Å². The second kappa shape index (κ2) is 6.36. The molecule has 0 aromatic carbocycles. The number of nitrogens with one attached hydrogen (secondary N) is 1. The largest absolute Gasteiger partial charge is 0.462 e. The van der Waals surface area contributed by atoms with Crippen LogP contribution >= 0.6 is 11.3 Å². The zero-order valence-corrected chi connectivity index (χ0v) is 11.3. The van der Waals surface area contributed by atoms with E-state index in [1.807, 2.05) is 0 Å². The maximum atomic E-state index is 11.8. The fourth-order valence-corrected chi connectivity index (χ4v) is 2.45. The maximum Gasteiger partial charge on any atom is 0.348 e. The lowest BCUT2D eigenvalue weighted by molar-refractivity contribution is 0.0527. The number of ether oxygens (including phenoxy) is 2. The van der Waals surface area contributed by atoms with Crippen molar-refractivity contribution in [2.45, 2.75) is 20.8 Å². The summed E-state index contributed by atoms with van der Waals surface area (Å²) in [5.41, 5.74) is 3.21. The van der Waals surface area contributed by atoms with E-state index in [0.717, 1.165) is 11.3 Å². The van der Waals surface area contributed by atoms with Crippen molar-refractivity contribution in [3.05, 3.63) is 16.0 Å². The fraction of sp³-hybridized carbons (Fsp3) is 0.455. The van der Waals surface area contributed by atoms with Gasteiger partial charge in [0.05, 0.1) is 18.8 Å². The molecule has 0 unspecified atom stereocenters. The van der Waals surface area contributed by atoms with Crippen molar-refractivity contribution >= 4 is 28.3 Å². The van der Waals surface area contributed by atoms with Crippen LogP contribution in [0.1, 0.15) is 39.4 Å². The summed E-state index contributed by atoms with van der Waals surface area (Å²) in [6.07, 6.45) is 0. The molecule has 0 amide bonds. The molecule has 0 aliphatic heterocycles. The number of nitrogens with two attached hydrogens (primary N) is 1. The number of esters is 2. The highest BCUT2D eigenvalue weighted by Gasteiger charge is 2.25. The van der Waals surface area contributed by atoms with Gasteiger partial charge in [0.15, 0.2) is 0 Å². The third kappa shape index (κ3) is 2.80. The molecule has 0 saturated carbocycles. The molecule has 1 aromatic heterocycles. The van der Waals surface area contributed by atoms with E-state index in [1.54, 1.807) is 20.8 Å². The Labute approximate surface area is 109 Å². The van der Waals surface area contributed by atoms with Crippen LogP contribution in [0.3, 0.4) is 0 Å². The van der Waals surface area contributed by atoms with Crippen molar-refractivity contribution in [3.63, 3.8) is 0 Å². The SMILES string of the molecule is CCOC(=O)c1sc(NN)c(C(=O)OCC)c1C. The molecule has 3 N–H and O–H groups in total. The quantitative estimate of drug-likeness (QED) is 0.481. The molecule has 6 nitrogen and oxygen atoms in total. The zero-order valence-electron chi connectivity index (χ0n) is 10.5. The highest BCUT2D eigenvalue weighted by molar-refractivity contribution is 7.18. The fourth-order valence-electron chi connectivity index (χ4n) is 1.46. The second-order valence-electron chi connectivity index (χ2n) is 3.35. The van der Waals surface area contributed by atoms with Crippen LogP contribution < -0.4 is 11.3 Å². The number of nitrogen functional groups attached to an aromatic ring is 1. The number of rotatable bonds is 5. The van der Waals surface area contributed by atoms with Crippen LogP contribution in [0, 0.1) is 6.92 Å². The first-order chi connectivity index (χ1) is 8.56. The van der Waals surface area contributed by atoms with Gasteiger partial charge in [0.25, 0.3) is 0 Å². The van der Waals surface area contributed by atoms with Crippen LogP contribution in [0.5, 0.6) is 0 Å². The van der Waals surface area contributed by atoms with Gasteiger partial charge in [-0.1, -0.05) is 0 Å². The van der Waals surface area contributed by atoms with E-state index in [2.05, 4.69) is 5.43 Å². The molecule has 0 radical (unpaired) electrons. The van der Waals surface area contributed by atoms with E-state index in [-0.39, 0.29) is 18.8 Å². The molecule has 0 saturated heterocycles. The number of hydrogen-bond acceptors (Lipinski definition) is 7. The van der Waals surface area contributed by atoms with Gasteiger partial charge >= 0.3 is 11.9 Å². The maximum absolute atomic E-state index is 11.8. The van der Waals surface area contributed by atoms with E-state index >= 15 is 0 Å². The highest BCUT2D eigenvalue weighted by atomic mass is 32.1. The molecule has 7 heteroatoms. The van der Waals surface area contributed by atoms with Gasteiger partial charge in [0.1, 0.15) is 9.88 Å². The first-order valence-electron chi connectivity index (χ1n) is 5.50. The molecule has 18 heavy (non-hydrogen) atoms. The molecule has 1 aromatic rings. The minimum atomic E-state index is -0.505. The molecule has 0 aliphatic rings. The van der Waals surface area contributed by atoms with E-state index in [1.165, 1.54) is 0 Å². The molecule has 0 fully saturated rings. The van der Waals surface area contributed by atoms with Crippen molar-refractivity contribution in [2.24, 2.45) is 5.84 Å².